The van der Waals surface area contributed by atoms with E-state index in [1.165, 1.54) is 19.3 Å². The summed E-state index contributed by atoms with van der Waals surface area (Å²) in [6.45, 7) is 4.58. The number of carboxylic acid groups (broad SMARTS) is 1. The average Bonchev–Trinajstić information content (AvgIpc) is 3.44. The minimum Gasteiger partial charge on any atom is -0.477 e. The second kappa shape index (κ2) is 60.7. The van der Waals surface area contributed by atoms with Crippen molar-refractivity contribution in [2.45, 2.75) is 219 Å². The topological polar surface area (TPSA) is 108 Å². The molecule has 0 aliphatic heterocycles. The van der Waals surface area contributed by atoms with Gasteiger partial charge in [0.25, 0.3) is 6.29 Å². The second-order valence-electron chi connectivity index (χ2n) is 21.2. The summed E-state index contributed by atoms with van der Waals surface area (Å²) in [5.74, 6) is -2.07. The van der Waals surface area contributed by atoms with Crippen molar-refractivity contribution in [2.24, 2.45) is 0 Å². The van der Waals surface area contributed by atoms with E-state index < -0.39 is 24.3 Å². The van der Waals surface area contributed by atoms with Crippen LogP contribution in [0.15, 0.2) is 170 Å². The number of unbranched alkanes of at least 4 members (excludes halogenated alkanes) is 12. The number of rotatable bonds is 55. The first kappa shape index (κ1) is 75.7. The number of carbonyl (C=O) groups excluding carboxylic acids is 2. The number of hydrogen-bond donors (Lipinski definition) is 1. The molecule has 1 N–H and O–H groups in total. The van der Waals surface area contributed by atoms with Crippen LogP contribution in [0.3, 0.4) is 0 Å². The normalized spacial score (nSPS) is 13.9. The molecule has 0 heterocycles. The molecule has 0 spiro atoms. The number of likely N-dealkylation sites (N-methyl/N-ethyl adjacent to an activating group) is 1. The van der Waals surface area contributed by atoms with Crippen molar-refractivity contribution in [1.82, 2.24) is 0 Å². The zero-order valence-electron chi connectivity index (χ0n) is 51.6. The monoisotopic (exact) mass is 1120 g/mol. The number of aliphatic carboxylic acids is 1. The lowest BCUT2D eigenvalue weighted by Crippen LogP contribution is -2.40. The molecule has 9 heteroatoms. The second-order valence-corrected chi connectivity index (χ2v) is 21.2. The molecular formula is C72H114NO8+. The molecule has 0 saturated heterocycles. The summed E-state index contributed by atoms with van der Waals surface area (Å²) in [5, 5.41) is 9.72. The van der Waals surface area contributed by atoms with Crippen molar-refractivity contribution in [3.63, 3.8) is 0 Å². The van der Waals surface area contributed by atoms with E-state index in [9.17, 15) is 19.5 Å². The van der Waals surface area contributed by atoms with Crippen LogP contribution >= 0.6 is 0 Å². The molecule has 81 heavy (non-hydrogen) atoms. The molecule has 0 saturated carbocycles. The molecular weight excluding hydrogens is 1010 g/mol. The Morgan fingerprint density at radius 2 is 0.667 bits per heavy atom. The number of esters is 2. The quantitative estimate of drug-likeness (QED) is 0.0211. The van der Waals surface area contributed by atoms with Gasteiger partial charge in [-0.05, 0) is 128 Å². The van der Waals surface area contributed by atoms with Gasteiger partial charge in [-0.1, -0.05) is 235 Å². The Hall–Kier alpha value is -5.35. The van der Waals surface area contributed by atoms with Crippen molar-refractivity contribution in [1.29, 1.82) is 0 Å². The molecule has 0 rings (SSSR count). The highest BCUT2D eigenvalue weighted by Crippen LogP contribution is 2.13. The lowest BCUT2D eigenvalue weighted by atomic mass is 10.1. The fourth-order valence-electron chi connectivity index (χ4n) is 7.74. The van der Waals surface area contributed by atoms with E-state index in [4.69, 9.17) is 18.9 Å². The van der Waals surface area contributed by atoms with Crippen LogP contribution in [0.2, 0.25) is 0 Å². The summed E-state index contributed by atoms with van der Waals surface area (Å²) in [4.78, 5) is 37.5. The minimum absolute atomic E-state index is 0.171. The third kappa shape index (κ3) is 62.1. The molecule has 0 fully saturated rings. The molecule has 0 aromatic rings. The van der Waals surface area contributed by atoms with Gasteiger partial charge in [0.15, 0.2) is 6.10 Å². The molecule has 0 aliphatic carbocycles. The highest BCUT2D eigenvalue weighted by atomic mass is 16.7. The van der Waals surface area contributed by atoms with Crippen molar-refractivity contribution in [3.8, 4) is 0 Å². The van der Waals surface area contributed by atoms with Crippen LogP contribution in [0.4, 0.5) is 0 Å². The molecule has 0 radical (unpaired) electrons. The van der Waals surface area contributed by atoms with Gasteiger partial charge in [0.1, 0.15) is 13.2 Å². The zero-order chi connectivity index (χ0) is 59.1. The van der Waals surface area contributed by atoms with Crippen LogP contribution in [0.5, 0.6) is 0 Å². The van der Waals surface area contributed by atoms with Gasteiger partial charge in [-0.2, -0.15) is 0 Å². The van der Waals surface area contributed by atoms with Crippen molar-refractivity contribution in [3.05, 3.63) is 170 Å². The van der Waals surface area contributed by atoms with Crippen molar-refractivity contribution < 1.29 is 42.9 Å². The molecule has 2 atom stereocenters. The first-order valence-electron chi connectivity index (χ1n) is 31.3. The standard InChI is InChI=1S/C72H113NO8/c1-6-8-10-12-14-16-18-20-22-24-26-28-30-31-32-33-34-35-36-37-38-39-41-43-45-47-49-51-53-55-57-59-61-63-70(75)81-68(67-80-72(71(76)77)78-65-64-73(3,4)5)66-79-69(74)62-60-58-56-54-52-50-48-46-44-42-40-29-27-25-23-21-19-17-15-13-11-9-7-2/h8-11,14-17,20-23,26-29,31-32,34-35,37-38,41-44,47,49,68,72H,6-7,12-13,18-19,24-25,30,33,36,39-40,45-46,48,50-67H2,1-5H3/p+1/b10-8-,11-9-,16-14-,17-15-,22-20-,23-21-,28-26-,29-27-,32-31-,35-34-,38-37-,43-41-,44-42-,49-47-. The fraction of sp³-hybridized carbons (Fsp3) is 0.569. The summed E-state index contributed by atoms with van der Waals surface area (Å²) in [6, 6.07) is 0. The minimum atomic E-state index is -1.53. The largest absolute Gasteiger partial charge is 0.477 e. The van der Waals surface area contributed by atoms with Gasteiger partial charge in [0.2, 0.25) is 0 Å². The van der Waals surface area contributed by atoms with Crippen LogP contribution < -0.4 is 0 Å². The van der Waals surface area contributed by atoms with E-state index in [0.717, 1.165) is 154 Å². The number of hydrogen-bond acceptors (Lipinski definition) is 7. The predicted octanol–water partition coefficient (Wildman–Crippen LogP) is 19.1. The van der Waals surface area contributed by atoms with Crippen LogP contribution in [-0.4, -0.2) is 87.4 Å². The summed E-state index contributed by atoms with van der Waals surface area (Å²) >= 11 is 0. The number of carboxylic acids is 1. The van der Waals surface area contributed by atoms with Gasteiger partial charge in [-0.15, -0.1) is 0 Å². The zero-order valence-corrected chi connectivity index (χ0v) is 51.6. The highest BCUT2D eigenvalue weighted by molar-refractivity contribution is 5.71. The van der Waals surface area contributed by atoms with Crippen LogP contribution in [0.25, 0.3) is 0 Å². The summed E-state index contributed by atoms with van der Waals surface area (Å²) < 4.78 is 22.9. The van der Waals surface area contributed by atoms with E-state index in [2.05, 4.69) is 184 Å². The smallest absolute Gasteiger partial charge is 0.361 e. The summed E-state index contributed by atoms with van der Waals surface area (Å²) in [5.41, 5.74) is 0. The van der Waals surface area contributed by atoms with Gasteiger partial charge in [-0.3, -0.25) is 9.59 Å². The maximum absolute atomic E-state index is 12.9. The number of allylic oxidation sites excluding steroid dienone is 28. The van der Waals surface area contributed by atoms with Crippen LogP contribution in [-0.2, 0) is 33.3 Å². The molecule has 0 bridgehead atoms. The first-order chi connectivity index (χ1) is 39.6. The van der Waals surface area contributed by atoms with Crippen LogP contribution in [0, 0.1) is 0 Å². The van der Waals surface area contributed by atoms with Gasteiger partial charge in [0, 0.05) is 12.8 Å². The van der Waals surface area contributed by atoms with E-state index >= 15 is 0 Å². The average molecular weight is 1120 g/mol. The van der Waals surface area contributed by atoms with Crippen molar-refractivity contribution in [2.75, 3.05) is 47.5 Å². The molecule has 0 aromatic heterocycles. The maximum atomic E-state index is 12.9. The van der Waals surface area contributed by atoms with Crippen LogP contribution in [0.1, 0.15) is 206 Å². The Bertz CT molecular complexity index is 1930. The number of quaternary nitrogens is 1. The van der Waals surface area contributed by atoms with Crippen molar-refractivity contribution >= 4 is 17.9 Å². The Labute approximate surface area is 495 Å². The van der Waals surface area contributed by atoms with Gasteiger partial charge < -0.3 is 28.5 Å². The van der Waals surface area contributed by atoms with Gasteiger partial charge >= 0.3 is 17.9 Å². The third-order valence-electron chi connectivity index (χ3n) is 12.5. The van der Waals surface area contributed by atoms with E-state index in [1.54, 1.807) is 0 Å². The maximum Gasteiger partial charge on any atom is 0.361 e. The van der Waals surface area contributed by atoms with E-state index in [0.29, 0.717) is 17.4 Å². The van der Waals surface area contributed by atoms with E-state index in [1.807, 2.05) is 21.1 Å². The van der Waals surface area contributed by atoms with E-state index in [-0.39, 0.29) is 38.6 Å². The molecule has 0 aromatic carbocycles. The SMILES string of the molecule is CC/C=C\C/C=C\C/C=C\C/C=C\C/C=C\C/C=C\C/C=C\C/C=C\C/C=C\CCCCCCCC(=O)OC(COC(=O)CCCCCCCCC/C=C\C/C=C\C/C=C\C/C=C\C/C=C\CC)COC(OCC[N+](C)(C)C)C(=O)O. The predicted molar refractivity (Wildman–Crippen MR) is 345 cm³/mol. The Morgan fingerprint density at radius 1 is 0.370 bits per heavy atom. The highest BCUT2D eigenvalue weighted by Gasteiger charge is 2.25. The number of carbonyl (C=O) groups is 3. The molecule has 0 aliphatic rings. The van der Waals surface area contributed by atoms with Gasteiger partial charge in [0.05, 0.1) is 34.4 Å². The third-order valence-corrected chi connectivity index (χ3v) is 12.5. The molecule has 454 valence electrons. The van der Waals surface area contributed by atoms with Gasteiger partial charge in [-0.25, -0.2) is 4.79 Å². The summed E-state index contributed by atoms with van der Waals surface area (Å²) in [7, 11) is 5.94. The molecule has 0 amide bonds. The number of ether oxygens (including phenoxy) is 4. The lowest BCUT2D eigenvalue weighted by Gasteiger charge is -2.25. The fourth-order valence-corrected chi connectivity index (χ4v) is 7.74. The summed E-state index contributed by atoms with van der Waals surface area (Å²) in [6.07, 6.45) is 88.6. The molecule has 9 nitrogen and oxygen atoms in total. The number of nitrogens with zero attached hydrogens (tertiary/aromatic N) is 1. The first-order valence-corrected chi connectivity index (χ1v) is 31.3. The Kier molecular flexibility index (Phi) is 56.7. The molecule has 2 unspecified atom stereocenters. The lowest BCUT2D eigenvalue weighted by molar-refractivity contribution is -0.870. The Balaban J connectivity index is 4.33. The Morgan fingerprint density at radius 3 is 0.988 bits per heavy atom.